The molecule has 1 fully saturated rings. The Morgan fingerprint density at radius 2 is 1.90 bits per heavy atom. The van der Waals surface area contributed by atoms with Crippen molar-refractivity contribution in [3.8, 4) is 0 Å². The summed E-state index contributed by atoms with van der Waals surface area (Å²) in [6.07, 6.45) is 6.43. The summed E-state index contributed by atoms with van der Waals surface area (Å²) in [7, 11) is 3.68. The zero-order valence-electron chi connectivity index (χ0n) is 13.1. The van der Waals surface area contributed by atoms with Crippen LogP contribution in [0.15, 0.2) is 6.07 Å². The molecule has 1 aromatic rings. The average Bonchev–Trinajstić information content (AvgIpc) is 2.48. The first kappa shape index (κ1) is 15.2. The first-order valence-corrected chi connectivity index (χ1v) is 7.75. The van der Waals surface area contributed by atoms with Gasteiger partial charge >= 0.3 is 0 Å². The number of ether oxygens (including phenoxy) is 1. The van der Waals surface area contributed by atoms with Crippen molar-refractivity contribution in [1.29, 1.82) is 0 Å². The van der Waals surface area contributed by atoms with Gasteiger partial charge in [-0.05, 0) is 24.7 Å². The van der Waals surface area contributed by atoms with E-state index in [0.29, 0.717) is 11.8 Å². The molecule has 20 heavy (non-hydrogen) atoms. The van der Waals surface area contributed by atoms with Gasteiger partial charge in [0.15, 0.2) is 5.82 Å². The minimum Gasteiger partial charge on any atom is -0.373 e. The fourth-order valence-electron chi connectivity index (χ4n) is 2.98. The molecule has 1 aliphatic rings. The molecule has 1 N–H and O–H groups in total. The second-order valence-corrected chi connectivity index (χ2v) is 6.00. The van der Waals surface area contributed by atoms with Crippen LogP contribution in [0.25, 0.3) is 0 Å². The van der Waals surface area contributed by atoms with E-state index in [4.69, 9.17) is 9.72 Å². The molecule has 1 saturated carbocycles. The smallest absolute Gasteiger partial charge is 0.160 e. The van der Waals surface area contributed by atoms with Crippen molar-refractivity contribution in [2.24, 2.45) is 5.92 Å². The lowest BCUT2D eigenvalue weighted by molar-refractivity contribution is 0.0288. The van der Waals surface area contributed by atoms with Crippen LogP contribution in [0.5, 0.6) is 0 Å². The summed E-state index contributed by atoms with van der Waals surface area (Å²) < 4.78 is 5.76. The van der Waals surface area contributed by atoms with Crippen molar-refractivity contribution in [1.82, 2.24) is 9.97 Å². The maximum absolute atomic E-state index is 5.76. The van der Waals surface area contributed by atoms with Crippen molar-refractivity contribution in [2.45, 2.75) is 58.0 Å². The van der Waals surface area contributed by atoms with E-state index < -0.39 is 0 Å². The van der Waals surface area contributed by atoms with Gasteiger partial charge in [0.05, 0.1) is 0 Å². The molecule has 0 amide bonds. The van der Waals surface area contributed by atoms with Crippen LogP contribution in [0.3, 0.4) is 0 Å². The molecule has 4 heteroatoms. The maximum Gasteiger partial charge on any atom is 0.160 e. The molecule has 112 valence electrons. The van der Waals surface area contributed by atoms with Crippen LogP contribution in [-0.4, -0.2) is 24.1 Å². The zero-order chi connectivity index (χ0) is 14.5. The molecule has 1 heterocycles. The van der Waals surface area contributed by atoms with Crippen molar-refractivity contribution < 1.29 is 4.74 Å². The van der Waals surface area contributed by atoms with Gasteiger partial charge in [-0.1, -0.05) is 33.1 Å². The zero-order valence-corrected chi connectivity index (χ0v) is 13.1. The highest BCUT2D eigenvalue weighted by Crippen LogP contribution is 2.35. The standard InChI is InChI=1S/C16H27N3O/c1-11(2)13-10-14(17-3)19-16(18-13)15(20-4)12-8-6-5-7-9-12/h10-12,15H,5-9H2,1-4H3,(H,17,18,19). The van der Waals surface area contributed by atoms with E-state index in [2.05, 4.69) is 24.1 Å². The van der Waals surface area contributed by atoms with Crippen LogP contribution >= 0.6 is 0 Å². The molecular weight excluding hydrogens is 250 g/mol. The lowest BCUT2D eigenvalue weighted by atomic mass is 9.85. The van der Waals surface area contributed by atoms with Crippen molar-refractivity contribution in [2.75, 3.05) is 19.5 Å². The second kappa shape index (κ2) is 7.02. The van der Waals surface area contributed by atoms with Gasteiger partial charge in [-0.2, -0.15) is 0 Å². The SMILES string of the molecule is CNc1cc(C(C)C)nc(C(OC)C2CCCCC2)n1. The van der Waals surface area contributed by atoms with E-state index in [1.165, 1.54) is 32.1 Å². The van der Waals surface area contributed by atoms with Gasteiger partial charge in [0, 0.05) is 25.9 Å². The Bertz CT molecular complexity index is 428. The largest absolute Gasteiger partial charge is 0.373 e. The fourth-order valence-corrected chi connectivity index (χ4v) is 2.98. The number of anilines is 1. The van der Waals surface area contributed by atoms with E-state index in [-0.39, 0.29) is 6.10 Å². The molecule has 1 atom stereocenters. The normalized spacial score (nSPS) is 18.2. The van der Waals surface area contributed by atoms with E-state index >= 15 is 0 Å². The first-order valence-electron chi connectivity index (χ1n) is 7.75. The van der Waals surface area contributed by atoms with Gasteiger partial charge in [0.1, 0.15) is 11.9 Å². The Morgan fingerprint density at radius 1 is 1.20 bits per heavy atom. The van der Waals surface area contributed by atoms with E-state index in [9.17, 15) is 0 Å². The Hall–Kier alpha value is -1.16. The summed E-state index contributed by atoms with van der Waals surface area (Å²) in [6.45, 7) is 4.32. The van der Waals surface area contributed by atoms with Crippen molar-refractivity contribution in [3.05, 3.63) is 17.6 Å². The van der Waals surface area contributed by atoms with Gasteiger partial charge in [-0.25, -0.2) is 9.97 Å². The number of aromatic nitrogens is 2. The number of hydrogen-bond acceptors (Lipinski definition) is 4. The van der Waals surface area contributed by atoms with Crippen molar-refractivity contribution in [3.63, 3.8) is 0 Å². The monoisotopic (exact) mass is 277 g/mol. The molecular formula is C16H27N3O. The molecule has 0 aromatic carbocycles. The van der Waals surface area contributed by atoms with Crippen LogP contribution in [0.2, 0.25) is 0 Å². The highest BCUT2D eigenvalue weighted by Gasteiger charge is 2.28. The number of hydrogen-bond donors (Lipinski definition) is 1. The second-order valence-electron chi connectivity index (χ2n) is 6.00. The highest BCUT2D eigenvalue weighted by molar-refractivity contribution is 5.36. The quantitative estimate of drug-likeness (QED) is 0.886. The van der Waals surface area contributed by atoms with Crippen LogP contribution in [0, 0.1) is 5.92 Å². The topological polar surface area (TPSA) is 47.0 Å². The number of rotatable bonds is 5. The summed E-state index contributed by atoms with van der Waals surface area (Å²) in [5.41, 5.74) is 1.08. The summed E-state index contributed by atoms with van der Waals surface area (Å²) in [5, 5.41) is 3.14. The molecule has 0 spiro atoms. The Kier molecular flexibility index (Phi) is 5.35. The van der Waals surface area contributed by atoms with Crippen molar-refractivity contribution >= 4 is 5.82 Å². The third kappa shape index (κ3) is 3.48. The number of methoxy groups -OCH3 is 1. The van der Waals surface area contributed by atoms with Gasteiger partial charge < -0.3 is 10.1 Å². The summed E-state index contributed by atoms with van der Waals surface area (Å²) >= 11 is 0. The van der Waals surface area contributed by atoms with Gasteiger partial charge in [0.2, 0.25) is 0 Å². The van der Waals surface area contributed by atoms with E-state index in [1.807, 2.05) is 13.1 Å². The van der Waals surface area contributed by atoms with Crippen LogP contribution in [-0.2, 0) is 4.74 Å². The minimum absolute atomic E-state index is 0.0288. The molecule has 1 aromatic heterocycles. The number of nitrogens with one attached hydrogen (secondary N) is 1. The van der Waals surface area contributed by atoms with Gasteiger partial charge in [-0.15, -0.1) is 0 Å². The Morgan fingerprint density at radius 3 is 2.45 bits per heavy atom. The van der Waals surface area contributed by atoms with E-state index in [1.54, 1.807) is 7.11 Å². The molecule has 2 rings (SSSR count). The highest BCUT2D eigenvalue weighted by atomic mass is 16.5. The first-order chi connectivity index (χ1) is 9.65. The number of nitrogens with zero attached hydrogens (tertiary/aromatic N) is 2. The van der Waals surface area contributed by atoms with E-state index in [0.717, 1.165) is 17.3 Å². The van der Waals surface area contributed by atoms with Gasteiger partial charge in [-0.3, -0.25) is 0 Å². The average molecular weight is 277 g/mol. The minimum atomic E-state index is 0.0288. The molecule has 1 aliphatic carbocycles. The Balaban J connectivity index is 2.29. The lowest BCUT2D eigenvalue weighted by Crippen LogP contribution is -2.21. The molecule has 4 nitrogen and oxygen atoms in total. The molecule has 0 radical (unpaired) electrons. The molecule has 0 saturated heterocycles. The molecule has 0 bridgehead atoms. The molecule has 0 aliphatic heterocycles. The predicted octanol–water partition coefficient (Wildman–Crippen LogP) is 3.91. The Labute approximate surface area is 122 Å². The third-order valence-electron chi connectivity index (χ3n) is 4.20. The molecule has 1 unspecified atom stereocenters. The lowest BCUT2D eigenvalue weighted by Gasteiger charge is -2.28. The fraction of sp³-hybridized carbons (Fsp3) is 0.750. The van der Waals surface area contributed by atoms with Crippen LogP contribution in [0.1, 0.15) is 69.5 Å². The summed E-state index contributed by atoms with van der Waals surface area (Å²) in [6, 6.07) is 2.03. The summed E-state index contributed by atoms with van der Waals surface area (Å²) in [4.78, 5) is 9.38. The van der Waals surface area contributed by atoms with Gasteiger partial charge in [0.25, 0.3) is 0 Å². The summed E-state index contributed by atoms with van der Waals surface area (Å²) in [5.74, 6) is 2.68. The predicted molar refractivity (Wildman–Crippen MR) is 82.0 cm³/mol. The van der Waals surface area contributed by atoms with Crippen LogP contribution in [0.4, 0.5) is 5.82 Å². The van der Waals surface area contributed by atoms with Crippen LogP contribution < -0.4 is 5.32 Å². The maximum atomic E-state index is 5.76. The third-order valence-corrected chi connectivity index (χ3v) is 4.20.